The van der Waals surface area contributed by atoms with Crippen molar-refractivity contribution in [2.24, 2.45) is 17.6 Å². The van der Waals surface area contributed by atoms with E-state index in [1.807, 2.05) is 11.0 Å². The van der Waals surface area contributed by atoms with Crippen LogP contribution in [0, 0.1) is 11.8 Å². The molecule has 120 valence electrons. The highest BCUT2D eigenvalue weighted by molar-refractivity contribution is 5.77. The number of nitrogens with zero attached hydrogens (tertiary/aromatic N) is 1. The Bertz CT molecular complexity index is 493. The third-order valence-corrected chi connectivity index (χ3v) is 5.54. The molecule has 2 atom stereocenters. The molecular formula is C19H28N2O. The number of likely N-dealkylation sites (tertiary alicyclic amines) is 1. The van der Waals surface area contributed by atoms with Crippen LogP contribution in [0.2, 0.25) is 0 Å². The van der Waals surface area contributed by atoms with Crippen LogP contribution < -0.4 is 5.73 Å². The van der Waals surface area contributed by atoms with E-state index in [-0.39, 0.29) is 12.0 Å². The Balaban J connectivity index is 1.56. The Hall–Kier alpha value is -1.35. The molecule has 2 N–H and O–H groups in total. The van der Waals surface area contributed by atoms with Gasteiger partial charge in [0.2, 0.25) is 5.91 Å². The van der Waals surface area contributed by atoms with Gasteiger partial charge in [-0.1, -0.05) is 50.1 Å². The van der Waals surface area contributed by atoms with Crippen molar-refractivity contribution in [2.75, 3.05) is 13.1 Å². The Morgan fingerprint density at radius 2 is 1.82 bits per heavy atom. The quantitative estimate of drug-likeness (QED) is 0.932. The Labute approximate surface area is 133 Å². The van der Waals surface area contributed by atoms with Gasteiger partial charge >= 0.3 is 0 Å². The molecule has 1 aliphatic heterocycles. The van der Waals surface area contributed by atoms with Crippen molar-refractivity contribution < 1.29 is 4.79 Å². The zero-order valence-corrected chi connectivity index (χ0v) is 13.6. The van der Waals surface area contributed by atoms with Gasteiger partial charge < -0.3 is 10.6 Å². The molecule has 3 rings (SSSR count). The Kier molecular flexibility index (Phi) is 4.82. The lowest BCUT2D eigenvalue weighted by molar-refractivity contribution is -0.131. The molecule has 3 heteroatoms. The summed E-state index contributed by atoms with van der Waals surface area (Å²) < 4.78 is 0. The van der Waals surface area contributed by atoms with E-state index in [9.17, 15) is 4.79 Å². The summed E-state index contributed by atoms with van der Waals surface area (Å²) in [6.45, 7) is 3.82. The number of carbonyl (C=O) groups excluding carboxylic acids is 1. The van der Waals surface area contributed by atoms with Gasteiger partial charge in [-0.15, -0.1) is 0 Å². The summed E-state index contributed by atoms with van der Waals surface area (Å²) >= 11 is 0. The van der Waals surface area contributed by atoms with Gasteiger partial charge in [-0.05, 0) is 30.2 Å². The van der Waals surface area contributed by atoms with E-state index in [0.29, 0.717) is 18.4 Å². The van der Waals surface area contributed by atoms with Gasteiger partial charge in [-0.2, -0.15) is 0 Å². The lowest BCUT2D eigenvalue weighted by atomic mass is 9.81. The van der Waals surface area contributed by atoms with Crippen molar-refractivity contribution in [1.29, 1.82) is 0 Å². The number of carbonyl (C=O) groups is 1. The molecule has 0 spiro atoms. The van der Waals surface area contributed by atoms with E-state index < -0.39 is 0 Å². The minimum atomic E-state index is 0.0673. The van der Waals surface area contributed by atoms with Crippen molar-refractivity contribution in [3.8, 4) is 0 Å². The van der Waals surface area contributed by atoms with Gasteiger partial charge in [0.15, 0.2) is 0 Å². The largest absolute Gasteiger partial charge is 0.340 e. The summed E-state index contributed by atoms with van der Waals surface area (Å²) in [6, 6.07) is 10.4. The maximum atomic E-state index is 12.6. The van der Waals surface area contributed by atoms with Crippen molar-refractivity contribution in [3.63, 3.8) is 0 Å². The topological polar surface area (TPSA) is 46.3 Å². The monoisotopic (exact) mass is 300 g/mol. The number of hydrogen-bond donors (Lipinski definition) is 1. The molecule has 1 aromatic carbocycles. The zero-order valence-electron chi connectivity index (χ0n) is 13.6. The molecule has 1 aromatic rings. The van der Waals surface area contributed by atoms with E-state index in [1.165, 1.54) is 31.2 Å². The summed E-state index contributed by atoms with van der Waals surface area (Å²) in [5.41, 5.74) is 7.56. The van der Waals surface area contributed by atoms with E-state index in [2.05, 4.69) is 31.2 Å². The number of amides is 1. The van der Waals surface area contributed by atoms with Gasteiger partial charge in [-0.25, -0.2) is 0 Å². The van der Waals surface area contributed by atoms with Gasteiger partial charge in [0.1, 0.15) is 0 Å². The fourth-order valence-electron chi connectivity index (χ4n) is 3.99. The molecule has 2 aliphatic rings. The predicted molar refractivity (Wildman–Crippen MR) is 89.5 cm³/mol. The number of benzene rings is 1. The minimum Gasteiger partial charge on any atom is -0.340 e. The second-order valence-corrected chi connectivity index (χ2v) is 7.31. The van der Waals surface area contributed by atoms with Crippen LogP contribution in [0.1, 0.15) is 50.5 Å². The molecule has 2 fully saturated rings. The van der Waals surface area contributed by atoms with Gasteiger partial charge in [0, 0.05) is 31.5 Å². The third-order valence-electron chi connectivity index (χ3n) is 5.54. The normalized spacial score (nSPS) is 32.2. The summed E-state index contributed by atoms with van der Waals surface area (Å²) in [5.74, 6) is 2.04. The molecule has 1 heterocycles. The van der Waals surface area contributed by atoms with E-state index in [0.717, 1.165) is 18.9 Å². The average Bonchev–Trinajstić information content (AvgIpc) is 2.92. The van der Waals surface area contributed by atoms with E-state index >= 15 is 0 Å². The van der Waals surface area contributed by atoms with E-state index in [4.69, 9.17) is 5.73 Å². The smallest absolute Gasteiger partial charge is 0.222 e. The molecule has 1 saturated carbocycles. The van der Waals surface area contributed by atoms with Crippen LogP contribution in [-0.4, -0.2) is 29.9 Å². The maximum absolute atomic E-state index is 12.6. The third kappa shape index (κ3) is 3.52. The number of hydrogen-bond acceptors (Lipinski definition) is 2. The zero-order chi connectivity index (χ0) is 15.5. The van der Waals surface area contributed by atoms with Crippen molar-refractivity contribution in [2.45, 2.75) is 51.0 Å². The van der Waals surface area contributed by atoms with E-state index in [1.54, 1.807) is 0 Å². The van der Waals surface area contributed by atoms with Crippen LogP contribution in [0.25, 0.3) is 0 Å². The lowest BCUT2D eigenvalue weighted by Crippen LogP contribution is -2.33. The van der Waals surface area contributed by atoms with Crippen LogP contribution in [0.3, 0.4) is 0 Å². The highest BCUT2D eigenvalue weighted by Crippen LogP contribution is 2.32. The number of rotatable bonds is 3. The first-order chi connectivity index (χ1) is 10.6. The van der Waals surface area contributed by atoms with Gasteiger partial charge in [0.05, 0.1) is 0 Å². The first-order valence-corrected chi connectivity index (χ1v) is 8.71. The van der Waals surface area contributed by atoms with Crippen LogP contribution in [-0.2, 0) is 4.79 Å². The average molecular weight is 300 g/mol. The van der Waals surface area contributed by atoms with Gasteiger partial charge in [0.25, 0.3) is 0 Å². The SMILES string of the molecule is CC1CCC(CC(=O)N2C[C@@H](N)[C@H](c3ccccc3)C2)CC1. The first kappa shape index (κ1) is 15.5. The molecule has 3 nitrogen and oxygen atoms in total. The van der Waals surface area contributed by atoms with Crippen LogP contribution in [0.15, 0.2) is 30.3 Å². The summed E-state index contributed by atoms with van der Waals surface area (Å²) in [5, 5.41) is 0. The summed E-state index contributed by atoms with van der Waals surface area (Å²) in [6.07, 6.45) is 5.72. The number of nitrogens with two attached hydrogens (primary N) is 1. The van der Waals surface area contributed by atoms with Crippen LogP contribution in [0.5, 0.6) is 0 Å². The second-order valence-electron chi connectivity index (χ2n) is 7.31. The molecule has 22 heavy (non-hydrogen) atoms. The van der Waals surface area contributed by atoms with Gasteiger partial charge in [-0.3, -0.25) is 4.79 Å². The van der Waals surface area contributed by atoms with Crippen molar-refractivity contribution in [3.05, 3.63) is 35.9 Å². The molecule has 1 amide bonds. The predicted octanol–water partition coefficient (Wildman–Crippen LogP) is 3.16. The fraction of sp³-hybridized carbons (Fsp3) is 0.632. The molecule has 1 aliphatic carbocycles. The summed E-state index contributed by atoms with van der Waals surface area (Å²) in [7, 11) is 0. The molecule has 0 bridgehead atoms. The second kappa shape index (κ2) is 6.82. The molecular weight excluding hydrogens is 272 g/mol. The van der Waals surface area contributed by atoms with Crippen LogP contribution in [0.4, 0.5) is 0 Å². The maximum Gasteiger partial charge on any atom is 0.222 e. The first-order valence-electron chi connectivity index (χ1n) is 8.71. The standard InChI is InChI=1S/C19H28N2O/c1-14-7-9-15(10-8-14)11-19(22)21-12-17(18(20)13-21)16-5-3-2-4-6-16/h2-6,14-15,17-18H,7-13,20H2,1H3/t14?,15?,17-,18+/m0/s1. The molecule has 1 saturated heterocycles. The molecule has 0 radical (unpaired) electrons. The Morgan fingerprint density at radius 1 is 1.14 bits per heavy atom. The van der Waals surface area contributed by atoms with Crippen molar-refractivity contribution >= 4 is 5.91 Å². The fourth-order valence-corrected chi connectivity index (χ4v) is 3.99. The molecule has 0 unspecified atom stereocenters. The van der Waals surface area contributed by atoms with Crippen LogP contribution >= 0.6 is 0 Å². The highest BCUT2D eigenvalue weighted by Gasteiger charge is 2.34. The highest BCUT2D eigenvalue weighted by atomic mass is 16.2. The Morgan fingerprint density at radius 3 is 2.50 bits per heavy atom. The van der Waals surface area contributed by atoms with Crippen molar-refractivity contribution in [1.82, 2.24) is 4.90 Å². The lowest BCUT2D eigenvalue weighted by Gasteiger charge is -2.27. The summed E-state index contributed by atoms with van der Waals surface area (Å²) in [4.78, 5) is 14.6. The molecule has 0 aromatic heterocycles. The minimum absolute atomic E-state index is 0.0673.